The van der Waals surface area contributed by atoms with E-state index in [1.807, 2.05) is 4.90 Å². The number of nitrogens with one attached hydrogen (secondary N) is 1. The van der Waals surface area contributed by atoms with Crippen LogP contribution in [-0.2, 0) is 14.3 Å². The molecule has 5 nitrogen and oxygen atoms in total. The molecule has 5 aliphatic rings. The number of ether oxygens (including phenoxy) is 1. The quantitative estimate of drug-likeness (QED) is 0.736. The summed E-state index contributed by atoms with van der Waals surface area (Å²) in [6, 6.07) is 0. The molecule has 1 saturated heterocycles. The molecular formula is C20H32N2O3S. The monoisotopic (exact) mass is 380 g/mol. The summed E-state index contributed by atoms with van der Waals surface area (Å²) in [5.74, 6) is 3.89. The number of morpholine rings is 1. The highest BCUT2D eigenvalue weighted by atomic mass is 32.2. The number of carbonyl (C=O) groups excluding carboxylic acids is 2. The van der Waals surface area contributed by atoms with Crippen LogP contribution in [0.2, 0.25) is 0 Å². The molecule has 0 aromatic carbocycles. The van der Waals surface area contributed by atoms with Crippen LogP contribution in [0.15, 0.2) is 0 Å². The van der Waals surface area contributed by atoms with Gasteiger partial charge in [0, 0.05) is 19.6 Å². The molecule has 4 aliphatic carbocycles. The first-order valence-corrected chi connectivity index (χ1v) is 11.5. The van der Waals surface area contributed by atoms with Crippen molar-refractivity contribution in [2.45, 2.75) is 44.9 Å². The molecule has 26 heavy (non-hydrogen) atoms. The van der Waals surface area contributed by atoms with Crippen molar-refractivity contribution in [2.24, 2.45) is 23.2 Å². The molecule has 1 aliphatic heterocycles. The van der Waals surface area contributed by atoms with Gasteiger partial charge >= 0.3 is 0 Å². The van der Waals surface area contributed by atoms with Crippen molar-refractivity contribution in [1.82, 2.24) is 10.2 Å². The Morgan fingerprint density at radius 2 is 1.62 bits per heavy atom. The SMILES string of the molecule is O=C(CSCC(=O)N1CCOCC1)NCCC12CC3CC(CC(C3)C1)C2. The van der Waals surface area contributed by atoms with E-state index < -0.39 is 0 Å². The normalized spacial score (nSPS) is 35.5. The van der Waals surface area contributed by atoms with Crippen molar-refractivity contribution in [2.75, 3.05) is 44.4 Å². The lowest BCUT2D eigenvalue weighted by molar-refractivity contribution is -0.132. The Balaban J connectivity index is 1.12. The van der Waals surface area contributed by atoms with Crippen molar-refractivity contribution in [3.63, 3.8) is 0 Å². The number of carbonyl (C=O) groups is 2. The fourth-order valence-corrected chi connectivity index (χ4v) is 7.00. The summed E-state index contributed by atoms with van der Waals surface area (Å²) >= 11 is 1.43. The Bertz CT molecular complexity index is 498. The number of amides is 2. The molecule has 5 fully saturated rings. The van der Waals surface area contributed by atoms with Crippen LogP contribution < -0.4 is 5.32 Å². The first-order chi connectivity index (χ1) is 12.6. The summed E-state index contributed by atoms with van der Waals surface area (Å²) in [7, 11) is 0. The summed E-state index contributed by atoms with van der Waals surface area (Å²) < 4.78 is 5.26. The van der Waals surface area contributed by atoms with Crippen molar-refractivity contribution < 1.29 is 14.3 Å². The number of hydrogen-bond acceptors (Lipinski definition) is 4. The number of hydrogen-bond donors (Lipinski definition) is 1. The topological polar surface area (TPSA) is 58.6 Å². The minimum absolute atomic E-state index is 0.0782. The second-order valence-electron chi connectivity index (χ2n) is 9.00. The van der Waals surface area contributed by atoms with Crippen LogP contribution in [-0.4, -0.2) is 61.1 Å². The highest BCUT2D eigenvalue weighted by Gasteiger charge is 2.50. The summed E-state index contributed by atoms with van der Waals surface area (Å²) in [5, 5.41) is 3.11. The largest absolute Gasteiger partial charge is 0.378 e. The zero-order valence-electron chi connectivity index (χ0n) is 15.7. The standard InChI is InChI=1S/C20H32N2O3S/c23-18(13-26-14-19(24)22-3-5-25-6-4-22)21-2-1-20-10-15-7-16(11-20)9-17(8-15)12-20/h15-17H,1-14H2,(H,21,23). The molecule has 4 saturated carbocycles. The lowest BCUT2D eigenvalue weighted by Gasteiger charge is -2.57. The van der Waals surface area contributed by atoms with Crippen molar-refractivity contribution in [3.8, 4) is 0 Å². The van der Waals surface area contributed by atoms with Gasteiger partial charge in [-0.2, -0.15) is 0 Å². The molecule has 0 spiro atoms. The third kappa shape index (κ3) is 4.38. The van der Waals surface area contributed by atoms with E-state index in [0.29, 0.717) is 43.2 Å². The molecule has 5 rings (SSSR count). The molecule has 6 heteroatoms. The smallest absolute Gasteiger partial charge is 0.232 e. The van der Waals surface area contributed by atoms with Gasteiger partial charge in [-0.05, 0) is 68.1 Å². The molecule has 0 unspecified atom stereocenters. The van der Waals surface area contributed by atoms with E-state index in [2.05, 4.69) is 5.32 Å². The van der Waals surface area contributed by atoms with Gasteiger partial charge < -0.3 is 15.0 Å². The highest BCUT2D eigenvalue weighted by Crippen LogP contribution is 2.61. The first kappa shape index (κ1) is 18.6. The van der Waals surface area contributed by atoms with Crippen LogP contribution in [0.25, 0.3) is 0 Å². The average molecular weight is 381 g/mol. The Morgan fingerprint density at radius 1 is 1.00 bits per heavy atom. The maximum Gasteiger partial charge on any atom is 0.232 e. The molecular weight excluding hydrogens is 348 g/mol. The van der Waals surface area contributed by atoms with E-state index in [1.54, 1.807) is 0 Å². The van der Waals surface area contributed by atoms with Gasteiger partial charge in [0.25, 0.3) is 0 Å². The van der Waals surface area contributed by atoms with Gasteiger partial charge in [0.05, 0.1) is 24.7 Å². The van der Waals surface area contributed by atoms with Crippen LogP contribution in [0.3, 0.4) is 0 Å². The maximum atomic E-state index is 12.1. The van der Waals surface area contributed by atoms with Crippen molar-refractivity contribution >= 4 is 23.6 Å². The van der Waals surface area contributed by atoms with Crippen LogP contribution in [0.1, 0.15) is 44.9 Å². The fraction of sp³-hybridized carbons (Fsp3) is 0.900. The lowest BCUT2D eigenvalue weighted by atomic mass is 9.49. The molecule has 0 aromatic heterocycles. The maximum absolute atomic E-state index is 12.1. The highest BCUT2D eigenvalue weighted by molar-refractivity contribution is 8.00. The molecule has 4 bridgehead atoms. The average Bonchev–Trinajstić information content (AvgIpc) is 2.61. The van der Waals surface area contributed by atoms with E-state index in [4.69, 9.17) is 4.74 Å². The van der Waals surface area contributed by atoms with Gasteiger partial charge in [0.15, 0.2) is 0 Å². The Labute approximate surface area is 161 Å². The zero-order valence-corrected chi connectivity index (χ0v) is 16.5. The first-order valence-electron chi connectivity index (χ1n) is 10.3. The minimum Gasteiger partial charge on any atom is -0.378 e. The summed E-state index contributed by atoms with van der Waals surface area (Å²) in [6.07, 6.45) is 9.77. The molecule has 0 atom stereocenters. The van der Waals surface area contributed by atoms with Crippen LogP contribution in [0, 0.1) is 23.2 Å². The number of nitrogens with zero attached hydrogens (tertiary/aromatic N) is 1. The van der Waals surface area contributed by atoms with Gasteiger partial charge in [0.2, 0.25) is 11.8 Å². The summed E-state index contributed by atoms with van der Waals surface area (Å²) in [4.78, 5) is 26.0. The van der Waals surface area contributed by atoms with E-state index >= 15 is 0 Å². The van der Waals surface area contributed by atoms with Crippen LogP contribution >= 0.6 is 11.8 Å². The third-order valence-corrected chi connectivity index (χ3v) is 7.88. The number of thioether (sulfide) groups is 1. The van der Waals surface area contributed by atoms with Gasteiger partial charge in [-0.3, -0.25) is 9.59 Å². The van der Waals surface area contributed by atoms with Crippen LogP contribution in [0.5, 0.6) is 0 Å². The summed E-state index contributed by atoms with van der Waals surface area (Å²) in [6.45, 7) is 3.42. The second kappa shape index (κ2) is 8.09. The zero-order chi connectivity index (χ0) is 18.0. The van der Waals surface area contributed by atoms with Gasteiger partial charge in [-0.15, -0.1) is 11.8 Å². The molecule has 2 amide bonds. The fourth-order valence-electron chi connectivity index (χ4n) is 6.25. The minimum atomic E-state index is 0.0782. The van der Waals surface area contributed by atoms with Gasteiger partial charge in [-0.1, -0.05) is 0 Å². The van der Waals surface area contributed by atoms with Gasteiger partial charge in [-0.25, -0.2) is 0 Å². The Kier molecular flexibility index (Phi) is 5.79. The lowest BCUT2D eigenvalue weighted by Crippen LogP contribution is -2.47. The van der Waals surface area contributed by atoms with Gasteiger partial charge in [0.1, 0.15) is 0 Å². The predicted molar refractivity (Wildman–Crippen MR) is 103 cm³/mol. The summed E-state index contributed by atoms with van der Waals surface area (Å²) in [5.41, 5.74) is 0.529. The predicted octanol–water partition coefficient (Wildman–Crippen LogP) is 2.30. The molecule has 1 N–H and O–H groups in total. The van der Waals surface area contributed by atoms with E-state index in [0.717, 1.165) is 30.7 Å². The Morgan fingerprint density at radius 3 is 2.23 bits per heavy atom. The molecule has 1 heterocycles. The van der Waals surface area contributed by atoms with Crippen molar-refractivity contribution in [1.29, 1.82) is 0 Å². The molecule has 0 radical (unpaired) electrons. The van der Waals surface area contributed by atoms with Crippen molar-refractivity contribution in [3.05, 3.63) is 0 Å². The molecule has 146 valence electrons. The molecule has 0 aromatic rings. The van der Waals surface area contributed by atoms with E-state index in [-0.39, 0.29) is 11.8 Å². The third-order valence-electron chi connectivity index (χ3n) is 6.97. The Hall–Kier alpha value is -0.750. The number of rotatable bonds is 7. The van der Waals surface area contributed by atoms with Crippen LogP contribution in [0.4, 0.5) is 0 Å². The van der Waals surface area contributed by atoms with E-state index in [1.165, 1.54) is 50.3 Å². The second-order valence-corrected chi connectivity index (χ2v) is 9.99. The van der Waals surface area contributed by atoms with E-state index in [9.17, 15) is 9.59 Å².